The molecule has 1 atom stereocenters. The van der Waals surface area contributed by atoms with Crippen molar-refractivity contribution in [3.63, 3.8) is 0 Å². The van der Waals surface area contributed by atoms with E-state index in [2.05, 4.69) is 11.4 Å². The summed E-state index contributed by atoms with van der Waals surface area (Å²) in [5, 5.41) is 13.0. The third-order valence-corrected chi connectivity index (χ3v) is 4.64. The minimum Gasteiger partial charge on any atom is -0.493 e. The number of nitrogens with zero attached hydrogens (tertiary/aromatic N) is 1. The minimum atomic E-state index is -0.413. The van der Waals surface area contributed by atoms with Gasteiger partial charge in [0.25, 0.3) is 0 Å². The van der Waals surface area contributed by atoms with Crippen molar-refractivity contribution in [3.05, 3.63) is 46.3 Å². The van der Waals surface area contributed by atoms with E-state index in [4.69, 9.17) is 9.47 Å². The molecular weight excluding hydrogens is 304 g/mol. The van der Waals surface area contributed by atoms with Crippen LogP contribution in [0.3, 0.4) is 0 Å². The number of dihydropyridines is 1. The molecule has 0 amide bonds. The van der Waals surface area contributed by atoms with Gasteiger partial charge in [0.15, 0.2) is 17.3 Å². The van der Waals surface area contributed by atoms with Gasteiger partial charge >= 0.3 is 0 Å². The number of benzene rings is 1. The van der Waals surface area contributed by atoms with Crippen molar-refractivity contribution in [3.8, 4) is 17.6 Å². The maximum absolute atomic E-state index is 12.6. The predicted molar refractivity (Wildman–Crippen MR) is 89.6 cm³/mol. The van der Waals surface area contributed by atoms with Crippen molar-refractivity contribution in [2.75, 3.05) is 14.2 Å². The second-order valence-corrected chi connectivity index (χ2v) is 5.96. The van der Waals surface area contributed by atoms with Gasteiger partial charge in [0.05, 0.1) is 31.8 Å². The monoisotopic (exact) mass is 324 g/mol. The summed E-state index contributed by atoms with van der Waals surface area (Å²) in [4.78, 5) is 12.6. The second-order valence-electron chi connectivity index (χ2n) is 5.96. The molecule has 24 heavy (non-hydrogen) atoms. The number of allylic oxidation sites excluding steroid dienone is 4. The Balaban J connectivity index is 2.26. The van der Waals surface area contributed by atoms with Crippen molar-refractivity contribution in [1.82, 2.24) is 5.32 Å². The number of ether oxygens (including phenoxy) is 2. The molecule has 0 fully saturated rings. The summed E-state index contributed by atoms with van der Waals surface area (Å²) in [6, 6.07) is 7.84. The Morgan fingerprint density at radius 1 is 1.25 bits per heavy atom. The fourth-order valence-corrected chi connectivity index (χ4v) is 3.58. The van der Waals surface area contributed by atoms with Gasteiger partial charge in [-0.3, -0.25) is 4.79 Å². The number of carbonyl (C=O) groups excluding carboxylic acids is 1. The number of hydrogen-bond donors (Lipinski definition) is 1. The van der Waals surface area contributed by atoms with Crippen LogP contribution < -0.4 is 14.8 Å². The predicted octanol–water partition coefficient (Wildman–Crippen LogP) is 3.20. The topological polar surface area (TPSA) is 71.3 Å². The molecular formula is C19H20N2O3. The number of Topliss-reactive ketones (excluding diaryl/α,β-unsaturated/α-hetero) is 1. The van der Waals surface area contributed by atoms with E-state index in [1.807, 2.05) is 25.1 Å². The summed E-state index contributed by atoms with van der Waals surface area (Å²) < 4.78 is 10.9. The number of nitrogens with one attached hydrogen (secondary N) is 1. The van der Waals surface area contributed by atoms with Crippen LogP contribution >= 0.6 is 0 Å². The number of para-hydroxylation sites is 1. The van der Waals surface area contributed by atoms with Gasteiger partial charge < -0.3 is 14.8 Å². The minimum absolute atomic E-state index is 0.0962. The fraction of sp³-hybridized carbons (Fsp3) is 0.368. The first kappa shape index (κ1) is 16.1. The molecule has 1 aromatic carbocycles. The highest BCUT2D eigenvalue weighted by atomic mass is 16.5. The lowest BCUT2D eigenvalue weighted by molar-refractivity contribution is -0.116. The van der Waals surface area contributed by atoms with E-state index in [0.717, 1.165) is 29.8 Å². The van der Waals surface area contributed by atoms with Gasteiger partial charge in [0.2, 0.25) is 0 Å². The molecule has 0 saturated carbocycles. The molecule has 124 valence electrons. The van der Waals surface area contributed by atoms with Crippen LogP contribution in [0.25, 0.3) is 0 Å². The van der Waals surface area contributed by atoms with E-state index in [9.17, 15) is 10.1 Å². The fourth-order valence-electron chi connectivity index (χ4n) is 3.58. The average Bonchev–Trinajstić information content (AvgIpc) is 2.59. The third kappa shape index (κ3) is 2.44. The van der Waals surface area contributed by atoms with Crippen molar-refractivity contribution in [1.29, 1.82) is 5.26 Å². The lowest BCUT2D eigenvalue weighted by Gasteiger charge is -2.33. The zero-order valence-electron chi connectivity index (χ0n) is 14.1. The Hall–Kier alpha value is -2.74. The highest BCUT2D eigenvalue weighted by molar-refractivity contribution is 6.00. The largest absolute Gasteiger partial charge is 0.493 e. The van der Waals surface area contributed by atoms with Crippen LogP contribution in [0.15, 0.2) is 40.7 Å². The van der Waals surface area contributed by atoms with Crippen LogP contribution in [-0.2, 0) is 4.79 Å². The molecule has 0 radical (unpaired) electrons. The molecule has 1 heterocycles. The Morgan fingerprint density at radius 3 is 2.71 bits per heavy atom. The van der Waals surface area contributed by atoms with Gasteiger partial charge in [-0.2, -0.15) is 5.26 Å². The van der Waals surface area contributed by atoms with Crippen LogP contribution in [0.2, 0.25) is 0 Å². The number of rotatable bonds is 3. The zero-order valence-corrected chi connectivity index (χ0v) is 14.1. The van der Waals surface area contributed by atoms with Crippen LogP contribution in [0.4, 0.5) is 0 Å². The number of carbonyl (C=O) groups is 1. The van der Waals surface area contributed by atoms with Crippen LogP contribution in [-0.4, -0.2) is 20.0 Å². The Kier molecular flexibility index (Phi) is 4.30. The zero-order chi connectivity index (χ0) is 17.3. The van der Waals surface area contributed by atoms with Crippen molar-refractivity contribution in [2.45, 2.75) is 32.1 Å². The SMILES string of the molecule is COc1cccc([C@H]2C(C#N)=C(C)NC3=C2C(=O)CCC3)c1OC. The van der Waals surface area contributed by atoms with E-state index in [1.54, 1.807) is 14.2 Å². The Labute approximate surface area is 141 Å². The molecule has 2 aliphatic rings. The standard InChI is InChI=1S/C19H20N2O3/c1-11-13(10-20)17(18-14(21-11)7-5-8-15(18)22)12-6-4-9-16(23-2)19(12)24-3/h4,6,9,17,21H,5,7-8H2,1-3H3/t17-/m0/s1. The van der Waals surface area contributed by atoms with Gasteiger partial charge in [-0.15, -0.1) is 0 Å². The average molecular weight is 324 g/mol. The first-order valence-corrected chi connectivity index (χ1v) is 7.97. The number of nitriles is 1. The summed E-state index contributed by atoms with van der Waals surface area (Å²) in [6.45, 7) is 1.88. The maximum atomic E-state index is 12.6. The molecule has 1 aliphatic carbocycles. The van der Waals surface area contributed by atoms with E-state index in [1.165, 1.54) is 0 Å². The maximum Gasteiger partial charge on any atom is 0.164 e. The number of ketones is 1. The normalized spacial score (nSPS) is 20.2. The summed E-state index contributed by atoms with van der Waals surface area (Å²) >= 11 is 0. The van der Waals surface area contributed by atoms with Crippen molar-refractivity contribution >= 4 is 5.78 Å². The quantitative estimate of drug-likeness (QED) is 0.924. The summed E-state index contributed by atoms with van der Waals surface area (Å²) in [5.74, 6) is 0.842. The molecule has 0 unspecified atom stereocenters. The van der Waals surface area contributed by atoms with E-state index < -0.39 is 5.92 Å². The van der Waals surface area contributed by atoms with Gasteiger partial charge in [-0.05, 0) is 25.8 Å². The van der Waals surface area contributed by atoms with E-state index >= 15 is 0 Å². The van der Waals surface area contributed by atoms with Gasteiger partial charge in [-0.1, -0.05) is 12.1 Å². The highest BCUT2D eigenvalue weighted by Gasteiger charge is 2.37. The third-order valence-electron chi connectivity index (χ3n) is 4.64. The van der Waals surface area contributed by atoms with Crippen molar-refractivity contribution in [2.24, 2.45) is 0 Å². The van der Waals surface area contributed by atoms with Gasteiger partial charge in [0.1, 0.15) is 0 Å². The molecule has 5 nitrogen and oxygen atoms in total. The first-order chi connectivity index (χ1) is 11.6. The second kappa shape index (κ2) is 6.40. The smallest absolute Gasteiger partial charge is 0.164 e. The Bertz CT molecular complexity index is 799. The summed E-state index contributed by atoms with van der Waals surface area (Å²) in [6.07, 6.45) is 2.17. The molecule has 1 aromatic rings. The summed E-state index contributed by atoms with van der Waals surface area (Å²) in [7, 11) is 3.15. The van der Waals surface area contributed by atoms with Gasteiger partial charge in [0, 0.05) is 29.0 Å². The highest BCUT2D eigenvalue weighted by Crippen LogP contribution is 2.46. The molecule has 0 bridgehead atoms. The molecule has 0 aromatic heterocycles. The molecule has 0 saturated heterocycles. The first-order valence-electron chi connectivity index (χ1n) is 7.97. The summed E-state index contributed by atoms with van der Waals surface area (Å²) in [5.41, 5.74) is 3.75. The lowest BCUT2D eigenvalue weighted by atomic mass is 9.75. The van der Waals surface area contributed by atoms with E-state index in [0.29, 0.717) is 29.1 Å². The van der Waals surface area contributed by atoms with Crippen LogP contribution in [0, 0.1) is 11.3 Å². The number of methoxy groups -OCH3 is 2. The van der Waals surface area contributed by atoms with E-state index in [-0.39, 0.29) is 5.78 Å². The van der Waals surface area contributed by atoms with Crippen LogP contribution in [0.5, 0.6) is 11.5 Å². The molecule has 5 heteroatoms. The van der Waals surface area contributed by atoms with Crippen molar-refractivity contribution < 1.29 is 14.3 Å². The molecule has 3 rings (SSSR count). The molecule has 1 aliphatic heterocycles. The molecule has 1 N–H and O–H groups in total. The number of hydrogen-bond acceptors (Lipinski definition) is 5. The lowest BCUT2D eigenvalue weighted by Crippen LogP contribution is -2.31. The van der Waals surface area contributed by atoms with Gasteiger partial charge in [-0.25, -0.2) is 0 Å². The van der Waals surface area contributed by atoms with Crippen LogP contribution in [0.1, 0.15) is 37.7 Å². The molecule has 0 spiro atoms. The Morgan fingerprint density at radius 2 is 2.04 bits per heavy atom.